The van der Waals surface area contributed by atoms with Gasteiger partial charge in [0.2, 0.25) is 5.91 Å². The fraction of sp³-hybridized carbons (Fsp3) is 0.250. The minimum atomic E-state index is 0.0433. The fourth-order valence-electron chi connectivity index (χ4n) is 1.74. The number of likely N-dealkylation sites (N-methyl/N-ethyl adjacent to an activating group) is 1. The van der Waals surface area contributed by atoms with Gasteiger partial charge in [0.15, 0.2) is 0 Å². The van der Waals surface area contributed by atoms with Crippen LogP contribution in [0.5, 0.6) is 0 Å². The van der Waals surface area contributed by atoms with E-state index in [0.29, 0.717) is 5.92 Å². The van der Waals surface area contributed by atoms with Crippen molar-refractivity contribution < 1.29 is 4.79 Å². The van der Waals surface area contributed by atoms with Crippen LogP contribution in [0.15, 0.2) is 36.4 Å². The van der Waals surface area contributed by atoms with Crippen molar-refractivity contribution in [1.82, 2.24) is 0 Å². The molecule has 1 aromatic rings. The normalized spacial score (nSPS) is 20.6. The summed E-state index contributed by atoms with van der Waals surface area (Å²) in [5.74, 6) is 0.349. The smallest absolute Gasteiger partial charge is 0.250 e. The summed E-state index contributed by atoms with van der Waals surface area (Å²) in [6, 6.07) is 8.02. The number of nitrogens with zero attached hydrogens (tertiary/aromatic N) is 1. The van der Waals surface area contributed by atoms with E-state index in [1.165, 1.54) is 5.56 Å². The molecule has 1 aromatic carbocycles. The van der Waals surface area contributed by atoms with Crippen LogP contribution >= 0.6 is 0 Å². The molecule has 1 atom stereocenters. The maximum Gasteiger partial charge on any atom is 0.250 e. The van der Waals surface area contributed by atoms with Crippen molar-refractivity contribution in [2.24, 2.45) is 0 Å². The standard InChI is InChI=1S/C12H13NO/c1-9-7-8-12(14)13(2)11-6-4-3-5-10(9)11/h3-9H,1-2H3. The van der Waals surface area contributed by atoms with Crippen molar-refractivity contribution in [1.29, 1.82) is 0 Å². The van der Waals surface area contributed by atoms with Crippen molar-refractivity contribution >= 4 is 11.6 Å². The van der Waals surface area contributed by atoms with Crippen molar-refractivity contribution in [2.45, 2.75) is 12.8 Å². The molecule has 72 valence electrons. The molecule has 1 aliphatic heterocycles. The number of carbonyl (C=O) groups excluding carboxylic acids is 1. The monoisotopic (exact) mass is 187 g/mol. The Kier molecular flexibility index (Phi) is 2.12. The Morgan fingerprint density at radius 1 is 1.29 bits per heavy atom. The second kappa shape index (κ2) is 3.29. The number of rotatable bonds is 0. The van der Waals surface area contributed by atoms with Gasteiger partial charge < -0.3 is 4.90 Å². The van der Waals surface area contributed by atoms with Gasteiger partial charge in [-0.2, -0.15) is 0 Å². The minimum absolute atomic E-state index is 0.0433. The van der Waals surface area contributed by atoms with Crippen LogP contribution in [0.4, 0.5) is 5.69 Å². The van der Waals surface area contributed by atoms with Gasteiger partial charge in [0.1, 0.15) is 0 Å². The van der Waals surface area contributed by atoms with Gasteiger partial charge >= 0.3 is 0 Å². The first-order valence-electron chi connectivity index (χ1n) is 4.75. The number of fused-ring (bicyclic) bond motifs is 1. The molecule has 14 heavy (non-hydrogen) atoms. The Morgan fingerprint density at radius 2 is 2.00 bits per heavy atom. The minimum Gasteiger partial charge on any atom is -0.312 e. The van der Waals surface area contributed by atoms with Crippen molar-refractivity contribution in [3.05, 3.63) is 42.0 Å². The fourth-order valence-corrected chi connectivity index (χ4v) is 1.74. The number of anilines is 1. The highest BCUT2D eigenvalue weighted by atomic mass is 16.2. The molecule has 0 radical (unpaired) electrons. The van der Waals surface area contributed by atoms with Gasteiger partial charge in [0, 0.05) is 24.7 Å². The Bertz CT molecular complexity index is 395. The third kappa shape index (κ3) is 1.33. The van der Waals surface area contributed by atoms with E-state index >= 15 is 0 Å². The highest BCUT2D eigenvalue weighted by Gasteiger charge is 2.18. The number of carbonyl (C=O) groups is 1. The predicted molar refractivity (Wildman–Crippen MR) is 57.4 cm³/mol. The number of amides is 1. The van der Waals surface area contributed by atoms with Crippen LogP contribution in [0.2, 0.25) is 0 Å². The molecule has 2 heteroatoms. The second-order valence-corrected chi connectivity index (χ2v) is 3.60. The second-order valence-electron chi connectivity index (χ2n) is 3.60. The maximum absolute atomic E-state index is 11.6. The average molecular weight is 187 g/mol. The van der Waals surface area contributed by atoms with Gasteiger partial charge in [-0.3, -0.25) is 4.79 Å². The van der Waals surface area contributed by atoms with Crippen LogP contribution in [-0.2, 0) is 4.79 Å². The van der Waals surface area contributed by atoms with E-state index in [4.69, 9.17) is 0 Å². The van der Waals surface area contributed by atoms with Crippen LogP contribution in [0.25, 0.3) is 0 Å². The Morgan fingerprint density at radius 3 is 2.79 bits per heavy atom. The molecule has 0 aromatic heterocycles. The first-order chi connectivity index (χ1) is 6.70. The summed E-state index contributed by atoms with van der Waals surface area (Å²) in [6.45, 7) is 2.10. The van der Waals surface area contributed by atoms with Crippen molar-refractivity contribution in [2.75, 3.05) is 11.9 Å². The lowest BCUT2D eigenvalue weighted by Crippen LogP contribution is -2.23. The average Bonchev–Trinajstić information content (AvgIpc) is 2.33. The quantitative estimate of drug-likeness (QED) is 0.610. The van der Waals surface area contributed by atoms with Gasteiger partial charge in [-0.15, -0.1) is 0 Å². The van der Waals surface area contributed by atoms with Crippen molar-refractivity contribution in [3.63, 3.8) is 0 Å². The van der Waals surface area contributed by atoms with Gasteiger partial charge in [0.25, 0.3) is 0 Å². The van der Waals surface area contributed by atoms with Crippen LogP contribution in [0.1, 0.15) is 18.4 Å². The third-order valence-electron chi connectivity index (χ3n) is 2.65. The number of hydrogen-bond acceptors (Lipinski definition) is 1. The molecule has 2 nitrogen and oxygen atoms in total. The number of allylic oxidation sites excluding steroid dienone is 1. The largest absolute Gasteiger partial charge is 0.312 e. The molecule has 0 bridgehead atoms. The molecule has 1 aliphatic rings. The molecule has 0 aliphatic carbocycles. The third-order valence-corrected chi connectivity index (χ3v) is 2.65. The lowest BCUT2D eigenvalue weighted by atomic mass is 9.99. The summed E-state index contributed by atoms with van der Waals surface area (Å²) in [5, 5.41) is 0. The lowest BCUT2D eigenvalue weighted by molar-refractivity contribution is -0.113. The molecular weight excluding hydrogens is 174 g/mol. The highest BCUT2D eigenvalue weighted by molar-refractivity contribution is 6.02. The highest BCUT2D eigenvalue weighted by Crippen LogP contribution is 2.30. The van der Waals surface area contributed by atoms with Crippen LogP contribution in [0, 0.1) is 0 Å². The first kappa shape index (κ1) is 9.00. The molecule has 2 rings (SSSR count). The van der Waals surface area contributed by atoms with E-state index < -0.39 is 0 Å². The Labute approximate surface area is 83.8 Å². The molecule has 0 N–H and O–H groups in total. The zero-order chi connectivity index (χ0) is 10.1. The number of benzene rings is 1. The number of para-hydroxylation sites is 1. The van der Waals surface area contributed by atoms with E-state index in [2.05, 4.69) is 13.0 Å². The van der Waals surface area contributed by atoms with E-state index in [1.54, 1.807) is 11.0 Å². The Hall–Kier alpha value is -1.57. The summed E-state index contributed by atoms with van der Waals surface area (Å²) in [5.41, 5.74) is 2.21. The van der Waals surface area contributed by atoms with Gasteiger partial charge in [-0.05, 0) is 11.6 Å². The van der Waals surface area contributed by atoms with E-state index in [-0.39, 0.29) is 5.91 Å². The first-order valence-corrected chi connectivity index (χ1v) is 4.75. The van der Waals surface area contributed by atoms with Crippen LogP contribution < -0.4 is 4.90 Å². The molecule has 1 amide bonds. The summed E-state index contributed by atoms with van der Waals surface area (Å²) in [7, 11) is 1.81. The molecule has 0 fully saturated rings. The van der Waals surface area contributed by atoms with Gasteiger partial charge in [-0.25, -0.2) is 0 Å². The molecular formula is C12H13NO. The lowest BCUT2D eigenvalue weighted by Gasteiger charge is -2.18. The van der Waals surface area contributed by atoms with Crippen LogP contribution in [-0.4, -0.2) is 13.0 Å². The SMILES string of the molecule is CC1C=CC(=O)N(C)c2ccccc21. The number of hydrogen-bond donors (Lipinski definition) is 0. The summed E-state index contributed by atoms with van der Waals surface area (Å²) in [6.07, 6.45) is 3.59. The van der Waals surface area contributed by atoms with Crippen molar-refractivity contribution in [3.8, 4) is 0 Å². The van der Waals surface area contributed by atoms with E-state index in [1.807, 2.05) is 31.3 Å². The zero-order valence-electron chi connectivity index (χ0n) is 8.40. The summed E-state index contributed by atoms with van der Waals surface area (Å²) >= 11 is 0. The van der Waals surface area contributed by atoms with E-state index in [0.717, 1.165) is 5.69 Å². The summed E-state index contributed by atoms with van der Waals surface area (Å²) < 4.78 is 0. The van der Waals surface area contributed by atoms with Gasteiger partial charge in [-0.1, -0.05) is 31.2 Å². The molecule has 0 saturated heterocycles. The zero-order valence-corrected chi connectivity index (χ0v) is 8.40. The molecule has 1 heterocycles. The topological polar surface area (TPSA) is 20.3 Å². The van der Waals surface area contributed by atoms with Gasteiger partial charge in [0.05, 0.1) is 0 Å². The predicted octanol–water partition coefficient (Wildman–Crippen LogP) is 2.32. The van der Waals surface area contributed by atoms with E-state index in [9.17, 15) is 4.79 Å². The summed E-state index contributed by atoms with van der Waals surface area (Å²) in [4.78, 5) is 13.3. The van der Waals surface area contributed by atoms with Crippen LogP contribution in [0.3, 0.4) is 0 Å². The maximum atomic E-state index is 11.6. The molecule has 0 saturated carbocycles. The molecule has 1 unspecified atom stereocenters. The molecule has 0 spiro atoms. The Balaban J connectivity index is 2.59.